The molecule has 0 aliphatic rings. The van der Waals surface area contributed by atoms with Crippen LogP contribution < -0.4 is 5.32 Å². The number of nitrogens with one attached hydrogen (secondary N) is 1. The Morgan fingerprint density at radius 1 is 1.35 bits per heavy atom. The Bertz CT molecular complexity index is 545. The maximum Gasteiger partial charge on any atom is 0.255 e. The lowest BCUT2D eigenvalue weighted by molar-refractivity contribution is 0.102. The third-order valence-corrected chi connectivity index (χ3v) is 3.67. The Kier molecular flexibility index (Phi) is 3.96. The van der Waals surface area contributed by atoms with E-state index in [4.69, 9.17) is 11.6 Å². The van der Waals surface area contributed by atoms with Crippen LogP contribution in [0.1, 0.15) is 10.4 Å². The van der Waals surface area contributed by atoms with Gasteiger partial charge < -0.3 is 5.32 Å². The van der Waals surface area contributed by atoms with E-state index in [-0.39, 0.29) is 5.91 Å². The minimum absolute atomic E-state index is 0.198. The molecule has 5 heteroatoms. The van der Waals surface area contributed by atoms with Crippen LogP contribution in [0.2, 0.25) is 5.02 Å². The molecule has 0 fully saturated rings. The molecule has 0 radical (unpaired) electrons. The second-order valence-corrected chi connectivity index (χ2v) is 4.89. The highest BCUT2D eigenvalue weighted by Gasteiger charge is 2.07. The molecule has 0 unspecified atom stereocenters. The first-order chi connectivity index (χ1) is 8.16. The van der Waals surface area contributed by atoms with Crippen LogP contribution in [0.3, 0.4) is 0 Å². The van der Waals surface area contributed by atoms with E-state index >= 15 is 0 Å². The Labute approximate surface area is 117 Å². The molecule has 1 aromatic heterocycles. The molecule has 1 heterocycles. The number of carbonyl (C=O) groups excluding carboxylic acids is 1. The second kappa shape index (κ2) is 5.46. The third kappa shape index (κ3) is 3.17. The lowest BCUT2D eigenvalue weighted by Gasteiger charge is -2.05. The van der Waals surface area contributed by atoms with E-state index in [1.807, 2.05) is 0 Å². The zero-order chi connectivity index (χ0) is 12.3. The first kappa shape index (κ1) is 12.3. The van der Waals surface area contributed by atoms with Gasteiger partial charge in [0, 0.05) is 15.3 Å². The Morgan fingerprint density at radius 2 is 2.18 bits per heavy atom. The fraction of sp³-hybridized carbons (Fsp3) is 0. The molecule has 2 aromatic rings. The number of hydrogen-bond acceptors (Lipinski definition) is 2. The predicted octanol–water partition coefficient (Wildman–Crippen LogP) is 3.59. The largest absolute Gasteiger partial charge is 0.321 e. The summed E-state index contributed by atoms with van der Waals surface area (Å²) in [6, 6.07) is 8.73. The van der Waals surface area contributed by atoms with Gasteiger partial charge in [0.05, 0.1) is 16.9 Å². The van der Waals surface area contributed by atoms with E-state index in [0.717, 1.165) is 3.57 Å². The molecule has 1 amide bonds. The summed E-state index contributed by atoms with van der Waals surface area (Å²) in [7, 11) is 0. The summed E-state index contributed by atoms with van der Waals surface area (Å²) in [5, 5.41) is 3.32. The molecule has 0 saturated carbocycles. The quantitative estimate of drug-likeness (QED) is 0.834. The zero-order valence-electron chi connectivity index (χ0n) is 8.65. The summed E-state index contributed by atoms with van der Waals surface area (Å²) < 4.78 is 0.919. The molecule has 0 saturated heterocycles. The van der Waals surface area contributed by atoms with Gasteiger partial charge in [0.2, 0.25) is 0 Å². The van der Waals surface area contributed by atoms with Crippen molar-refractivity contribution in [2.24, 2.45) is 0 Å². The number of nitrogens with zero attached hydrogens (tertiary/aromatic N) is 1. The summed E-state index contributed by atoms with van der Waals surface area (Å²) in [6.45, 7) is 0. The summed E-state index contributed by atoms with van der Waals surface area (Å²) in [4.78, 5) is 15.8. The molecule has 17 heavy (non-hydrogen) atoms. The molecule has 1 N–H and O–H groups in total. The average molecular weight is 359 g/mol. The van der Waals surface area contributed by atoms with Crippen molar-refractivity contribution in [3.8, 4) is 0 Å². The Balaban J connectivity index is 2.18. The Hall–Kier alpha value is -1.14. The standard InChI is InChI=1S/C12H8ClIN2O/c13-10-6-8(3-4-11(10)14)12(17)16-9-2-1-5-15-7-9/h1-7H,(H,16,17). The van der Waals surface area contributed by atoms with Crippen molar-refractivity contribution >= 4 is 45.8 Å². The number of anilines is 1. The van der Waals surface area contributed by atoms with Gasteiger partial charge >= 0.3 is 0 Å². The summed E-state index contributed by atoms with van der Waals surface area (Å²) in [6.07, 6.45) is 3.24. The number of carbonyl (C=O) groups is 1. The predicted molar refractivity (Wildman–Crippen MR) is 76.4 cm³/mol. The molecule has 0 atom stereocenters. The highest BCUT2D eigenvalue weighted by atomic mass is 127. The van der Waals surface area contributed by atoms with Crippen LogP contribution in [0, 0.1) is 3.57 Å². The van der Waals surface area contributed by atoms with Crippen molar-refractivity contribution in [1.82, 2.24) is 4.98 Å². The number of aromatic nitrogens is 1. The number of pyridine rings is 1. The van der Waals surface area contributed by atoms with E-state index < -0.39 is 0 Å². The Morgan fingerprint density at radius 3 is 2.82 bits per heavy atom. The van der Waals surface area contributed by atoms with Crippen molar-refractivity contribution in [3.63, 3.8) is 0 Å². The van der Waals surface area contributed by atoms with Gasteiger partial charge in [-0.05, 0) is 52.9 Å². The number of halogens is 2. The molecule has 0 aliphatic heterocycles. The van der Waals surface area contributed by atoms with Gasteiger partial charge in [-0.2, -0.15) is 0 Å². The first-order valence-corrected chi connectivity index (χ1v) is 6.29. The summed E-state index contributed by atoms with van der Waals surface area (Å²) in [5.74, 6) is -0.198. The number of rotatable bonds is 2. The van der Waals surface area contributed by atoms with Crippen LogP contribution in [0.15, 0.2) is 42.7 Å². The monoisotopic (exact) mass is 358 g/mol. The molecule has 86 valence electrons. The average Bonchev–Trinajstić information content (AvgIpc) is 2.34. The highest BCUT2D eigenvalue weighted by molar-refractivity contribution is 14.1. The van der Waals surface area contributed by atoms with Gasteiger partial charge in [-0.1, -0.05) is 11.6 Å². The van der Waals surface area contributed by atoms with Crippen molar-refractivity contribution in [2.45, 2.75) is 0 Å². The third-order valence-electron chi connectivity index (χ3n) is 2.10. The van der Waals surface area contributed by atoms with Crippen molar-refractivity contribution in [2.75, 3.05) is 5.32 Å². The number of hydrogen-bond donors (Lipinski definition) is 1. The summed E-state index contributed by atoms with van der Waals surface area (Å²) >= 11 is 8.08. The van der Waals surface area contributed by atoms with Crippen LogP contribution in [-0.4, -0.2) is 10.9 Å². The second-order valence-electron chi connectivity index (χ2n) is 3.32. The van der Waals surface area contributed by atoms with Gasteiger partial charge in [0.15, 0.2) is 0 Å². The van der Waals surface area contributed by atoms with Crippen LogP contribution in [0.25, 0.3) is 0 Å². The van der Waals surface area contributed by atoms with Crippen LogP contribution in [0.5, 0.6) is 0 Å². The summed E-state index contributed by atoms with van der Waals surface area (Å²) in [5.41, 5.74) is 1.19. The first-order valence-electron chi connectivity index (χ1n) is 4.83. The van der Waals surface area contributed by atoms with E-state index in [1.54, 1.807) is 42.7 Å². The lowest BCUT2D eigenvalue weighted by Crippen LogP contribution is -2.11. The van der Waals surface area contributed by atoms with Crippen LogP contribution >= 0.6 is 34.2 Å². The van der Waals surface area contributed by atoms with E-state index in [9.17, 15) is 4.79 Å². The van der Waals surface area contributed by atoms with Crippen LogP contribution in [0.4, 0.5) is 5.69 Å². The maximum atomic E-state index is 11.9. The molecule has 1 aromatic carbocycles. The van der Waals surface area contributed by atoms with Crippen molar-refractivity contribution in [1.29, 1.82) is 0 Å². The van der Waals surface area contributed by atoms with Crippen molar-refractivity contribution in [3.05, 3.63) is 56.9 Å². The fourth-order valence-electron chi connectivity index (χ4n) is 1.28. The SMILES string of the molecule is O=C(Nc1cccnc1)c1ccc(I)c(Cl)c1. The van der Waals surface area contributed by atoms with Gasteiger partial charge in [0.1, 0.15) is 0 Å². The van der Waals surface area contributed by atoms with E-state index in [1.165, 1.54) is 0 Å². The minimum Gasteiger partial charge on any atom is -0.321 e. The number of benzene rings is 1. The topological polar surface area (TPSA) is 42.0 Å². The van der Waals surface area contributed by atoms with Gasteiger partial charge in [-0.3, -0.25) is 9.78 Å². The van der Waals surface area contributed by atoms with Gasteiger partial charge in [0.25, 0.3) is 5.91 Å². The van der Waals surface area contributed by atoms with Crippen molar-refractivity contribution < 1.29 is 4.79 Å². The smallest absolute Gasteiger partial charge is 0.255 e. The van der Waals surface area contributed by atoms with Gasteiger partial charge in [-0.15, -0.1) is 0 Å². The lowest BCUT2D eigenvalue weighted by atomic mass is 10.2. The fourth-order valence-corrected chi connectivity index (χ4v) is 1.79. The van der Waals surface area contributed by atoms with Crippen LogP contribution in [-0.2, 0) is 0 Å². The number of amides is 1. The maximum absolute atomic E-state index is 11.9. The molecular weight excluding hydrogens is 351 g/mol. The minimum atomic E-state index is -0.198. The van der Waals surface area contributed by atoms with Gasteiger partial charge in [-0.25, -0.2) is 0 Å². The molecule has 0 aliphatic carbocycles. The highest BCUT2D eigenvalue weighted by Crippen LogP contribution is 2.20. The zero-order valence-corrected chi connectivity index (χ0v) is 11.6. The molecule has 3 nitrogen and oxygen atoms in total. The van der Waals surface area contributed by atoms with E-state index in [2.05, 4.69) is 32.9 Å². The van der Waals surface area contributed by atoms with E-state index in [0.29, 0.717) is 16.3 Å². The molecule has 2 rings (SSSR count). The molecular formula is C12H8ClIN2O. The molecule has 0 spiro atoms. The molecule has 0 bridgehead atoms. The normalized spacial score (nSPS) is 10.0.